The maximum Gasteiger partial charge on any atom is 0.307 e. The van der Waals surface area contributed by atoms with Crippen molar-refractivity contribution in [2.45, 2.75) is 58.1 Å². The van der Waals surface area contributed by atoms with Gasteiger partial charge in [0.25, 0.3) is 0 Å². The predicted molar refractivity (Wildman–Crippen MR) is 105 cm³/mol. The highest BCUT2D eigenvalue weighted by Crippen LogP contribution is 2.23. The van der Waals surface area contributed by atoms with E-state index < -0.39 is 22.1 Å². The van der Waals surface area contributed by atoms with Gasteiger partial charge in [-0.2, -0.15) is 9.57 Å². The minimum Gasteiger partial charge on any atom is -0.447 e. The van der Waals surface area contributed by atoms with Crippen LogP contribution in [-0.2, 0) is 32.5 Å². The molecule has 0 saturated heterocycles. The second-order valence-electron chi connectivity index (χ2n) is 6.27. The van der Waals surface area contributed by atoms with Gasteiger partial charge >= 0.3 is 5.97 Å². The van der Waals surface area contributed by atoms with Crippen LogP contribution in [0.1, 0.15) is 39.9 Å². The number of ether oxygens (including phenoxy) is 1. The third-order valence-electron chi connectivity index (χ3n) is 4.50. The van der Waals surface area contributed by atoms with Crippen molar-refractivity contribution >= 4 is 27.0 Å². The lowest BCUT2D eigenvalue weighted by Crippen LogP contribution is -2.30. The highest BCUT2D eigenvalue weighted by atomic mass is 32.2. The summed E-state index contributed by atoms with van der Waals surface area (Å²) in [5.74, 6) is 0.213. The van der Waals surface area contributed by atoms with Crippen molar-refractivity contribution in [3.05, 3.63) is 24.0 Å². The molecule has 0 aliphatic carbocycles. The van der Waals surface area contributed by atoms with Crippen LogP contribution in [0.25, 0.3) is 11.0 Å². The number of hydrogen-bond donors (Lipinski definition) is 0. The molecule has 0 bridgehead atoms. The number of rotatable bonds is 9. The molecule has 0 saturated carbocycles. The van der Waals surface area contributed by atoms with Crippen LogP contribution in [0, 0.1) is 11.3 Å². The number of fused-ring (bicyclic) bond motifs is 1. The summed E-state index contributed by atoms with van der Waals surface area (Å²) in [6.07, 6.45) is -0.345. The fourth-order valence-corrected chi connectivity index (χ4v) is 4.55. The van der Waals surface area contributed by atoms with Crippen molar-refractivity contribution in [3.8, 4) is 6.07 Å². The number of carbonyl (C=O) groups is 1. The topological polar surface area (TPSA) is 105 Å². The number of esters is 1. The van der Waals surface area contributed by atoms with Crippen molar-refractivity contribution in [1.82, 2.24) is 13.9 Å². The van der Waals surface area contributed by atoms with Crippen LogP contribution in [0.15, 0.2) is 23.1 Å². The molecule has 1 aromatic carbocycles. The van der Waals surface area contributed by atoms with E-state index in [9.17, 15) is 13.2 Å². The van der Waals surface area contributed by atoms with Crippen LogP contribution < -0.4 is 0 Å². The second-order valence-corrected chi connectivity index (χ2v) is 8.21. The normalized spacial score (nSPS) is 12.9. The molecule has 0 amide bonds. The summed E-state index contributed by atoms with van der Waals surface area (Å²) in [7, 11) is -3.57. The summed E-state index contributed by atoms with van der Waals surface area (Å²) in [5, 5.41) is 8.72. The van der Waals surface area contributed by atoms with E-state index in [1.165, 1.54) is 11.2 Å². The Labute approximate surface area is 165 Å². The van der Waals surface area contributed by atoms with Crippen molar-refractivity contribution in [2.24, 2.45) is 0 Å². The van der Waals surface area contributed by atoms with Gasteiger partial charge < -0.3 is 9.30 Å². The van der Waals surface area contributed by atoms with Gasteiger partial charge in [-0.15, -0.1) is 0 Å². The molecule has 0 aliphatic heterocycles. The quantitative estimate of drug-likeness (QED) is 0.592. The lowest BCUT2D eigenvalue weighted by atomic mass is 10.3. The van der Waals surface area contributed by atoms with E-state index in [1.807, 2.05) is 17.6 Å². The average molecular weight is 407 g/mol. The number of imidazole rings is 1. The van der Waals surface area contributed by atoms with E-state index in [0.717, 1.165) is 5.52 Å². The minimum absolute atomic E-state index is 0.0972. The molecule has 0 fully saturated rings. The van der Waals surface area contributed by atoms with Gasteiger partial charge in [0, 0.05) is 26.1 Å². The Morgan fingerprint density at radius 2 is 2.00 bits per heavy atom. The molecule has 0 radical (unpaired) electrons. The second kappa shape index (κ2) is 9.17. The van der Waals surface area contributed by atoms with E-state index in [2.05, 4.69) is 4.98 Å². The van der Waals surface area contributed by atoms with Crippen LogP contribution in [0.5, 0.6) is 0 Å². The first-order valence-corrected chi connectivity index (χ1v) is 10.8. The summed E-state index contributed by atoms with van der Waals surface area (Å²) in [4.78, 5) is 16.6. The maximum atomic E-state index is 12.7. The highest BCUT2D eigenvalue weighted by Gasteiger charge is 2.23. The number of sulfonamides is 1. The van der Waals surface area contributed by atoms with Gasteiger partial charge in [0.15, 0.2) is 6.10 Å². The SMILES string of the molecule is CCN(CC)S(=O)(=O)c1ccc2c(c1)nc(CCC(=O)O[C@H](C)C#N)n2CC. The Morgan fingerprint density at radius 3 is 2.57 bits per heavy atom. The molecule has 1 atom stereocenters. The van der Waals surface area contributed by atoms with Gasteiger partial charge in [0.05, 0.1) is 22.3 Å². The zero-order valence-electron chi connectivity index (χ0n) is 16.7. The molecule has 0 N–H and O–H groups in total. The van der Waals surface area contributed by atoms with Crippen molar-refractivity contribution in [3.63, 3.8) is 0 Å². The Bertz CT molecular complexity index is 987. The standard InChI is InChI=1S/C19H26N4O4S/c1-5-22(6-2)28(25,26)15-8-9-17-16(12-15)21-18(23(17)7-3)10-11-19(24)27-14(4)13-20/h8-9,12,14H,5-7,10-11H2,1-4H3/t14-/m1/s1. The molecular formula is C19H26N4O4S. The van der Waals surface area contributed by atoms with Crippen LogP contribution in [0.4, 0.5) is 0 Å². The first-order valence-electron chi connectivity index (χ1n) is 9.36. The Hall–Kier alpha value is -2.44. The molecule has 2 rings (SSSR count). The highest BCUT2D eigenvalue weighted by molar-refractivity contribution is 7.89. The van der Waals surface area contributed by atoms with E-state index in [4.69, 9.17) is 10.00 Å². The number of carbonyl (C=O) groups excluding carboxylic acids is 1. The largest absolute Gasteiger partial charge is 0.447 e. The van der Waals surface area contributed by atoms with Gasteiger partial charge in [0.2, 0.25) is 10.0 Å². The van der Waals surface area contributed by atoms with E-state index in [-0.39, 0.29) is 11.3 Å². The first-order chi connectivity index (χ1) is 13.3. The predicted octanol–water partition coefficient (Wildman–Crippen LogP) is 2.47. The number of aryl methyl sites for hydroxylation is 2. The summed E-state index contributed by atoms with van der Waals surface area (Å²) in [5.41, 5.74) is 1.39. The summed E-state index contributed by atoms with van der Waals surface area (Å²) < 4.78 is 33.8. The molecule has 0 unspecified atom stereocenters. The number of benzene rings is 1. The molecule has 28 heavy (non-hydrogen) atoms. The van der Waals surface area contributed by atoms with Crippen molar-refractivity contribution < 1.29 is 17.9 Å². The van der Waals surface area contributed by atoms with E-state index in [0.29, 0.717) is 37.4 Å². The molecule has 1 aromatic heterocycles. The monoisotopic (exact) mass is 406 g/mol. The molecule has 1 heterocycles. The Balaban J connectivity index is 2.33. The fraction of sp³-hybridized carbons (Fsp3) is 0.526. The summed E-state index contributed by atoms with van der Waals surface area (Å²) in [6, 6.07) is 6.78. The van der Waals surface area contributed by atoms with E-state index >= 15 is 0 Å². The summed E-state index contributed by atoms with van der Waals surface area (Å²) >= 11 is 0. The van der Waals surface area contributed by atoms with Gasteiger partial charge in [0.1, 0.15) is 11.9 Å². The average Bonchev–Trinajstić information content (AvgIpc) is 3.03. The Morgan fingerprint density at radius 1 is 1.32 bits per heavy atom. The zero-order chi connectivity index (χ0) is 20.9. The van der Waals surface area contributed by atoms with Crippen LogP contribution >= 0.6 is 0 Å². The number of hydrogen-bond acceptors (Lipinski definition) is 6. The van der Waals surface area contributed by atoms with Crippen molar-refractivity contribution in [2.75, 3.05) is 13.1 Å². The van der Waals surface area contributed by atoms with Crippen molar-refractivity contribution in [1.29, 1.82) is 5.26 Å². The molecular weight excluding hydrogens is 380 g/mol. The summed E-state index contributed by atoms with van der Waals surface area (Å²) in [6.45, 7) is 8.50. The van der Waals surface area contributed by atoms with Gasteiger partial charge in [-0.1, -0.05) is 13.8 Å². The third kappa shape index (κ3) is 4.51. The number of nitrogens with zero attached hydrogens (tertiary/aromatic N) is 4. The lowest BCUT2D eigenvalue weighted by molar-refractivity contribution is -0.145. The fourth-order valence-electron chi connectivity index (χ4n) is 3.07. The molecule has 9 heteroatoms. The zero-order valence-corrected chi connectivity index (χ0v) is 17.5. The maximum absolute atomic E-state index is 12.7. The van der Waals surface area contributed by atoms with Crippen LogP contribution in [0.2, 0.25) is 0 Å². The van der Waals surface area contributed by atoms with Gasteiger partial charge in [-0.05, 0) is 32.0 Å². The Kier molecular flexibility index (Phi) is 7.16. The molecule has 0 aliphatic rings. The molecule has 0 spiro atoms. The molecule has 152 valence electrons. The smallest absolute Gasteiger partial charge is 0.307 e. The lowest BCUT2D eigenvalue weighted by Gasteiger charge is -2.18. The number of nitriles is 1. The van der Waals surface area contributed by atoms with Crippen LogP contribution in [-0.4, -0.2) is 47.4 Å². The minimum atomic E-state index is -3.57. The number of aromatic nitrogens is 2. The molecule has 8 nitrogen and oxygen atoms in total. The van der Waals surface area contributed by atoms with Crippen LogP contribution in [0.3, 0.4) is 0 Å². The third-order valence-corrected chi connectivity index (χ3v) is 6.55. The van der Waals surface area contributed by atoms with Gasteiger partial charge in [-0.25, -0.2) is 13.4 Å². The van der Waals surface area contributed by atoms with Gasteiger partial charge in [-0.3, -0.25) is 4.79 Å². The molecule has 2 aromatic rings. The first kappa shape index (κ1) is 21.9. The van der Waals surface area contributed by atoms with E-state index in [1.54, 1.807) is 32.0 Å².